The Balaban J connectivity index is 2.08. The van der Waals surface area contributed by atoms with Crippen LogP contribution in [0.3, 0.4) is 0 Å². The number of nitrogens with zero attached hydrogens (tertiary/aromatic N) is 2. The summed E-state index contributed by atoms with van der Waals surface area (Å²) in [6, 6.07) is 4.32. The van der Waals surface area contributed by atoms with Crippen LogP contribution < -0.4 is 24.4 Å². The second-order valence-corrected chi connectivity index (χ2v) is 9.64. The summed E-state index contributed by atoms with van der Waals surface area (Å²) in [5.41, 5.74) is 0.335. The maximum absolute atomic E-state index is 13.7. The van der Waals surface area contributed by atoms with Gasteiger partial charge in [-0.15, -0.1) is 0 Å². The molecule has 0 radical (unpaired) electrons. The fourth-order valence-corrected chi connectivity index (χ4v) is 5.85. The second kappa shape index (κ2) is 9.61. The molecule has 0 bridgehead atoms. The van der Waals surface area contributed by atoms with Gasteiger partial charge in [-0.05, 0) is 31.5 Å². The summed E-state index contributed by atoms with van der Waals surface area (Å²) >= 11 is 1.17. The third-order valence-corrected chi connectivity index (χ3v) is 7.38. The Hall–Kier alpha value is -3.06. The lowest BCUT2D eigenvalue weighted by molar-refractivity contribution is -0.119. The molecular formula is C19H24N4O7S2. The smallest absolute Gasteiger partial charge is 0.409 e. The van der Waals surface area contributed by atoms with Gasteiger partial charge < -0.3 is 19.9 Å². The van der Waals surface area contributed by atoms with Crippen LogP contribution in [0, 0.1) is 0 Å². The van der Waals surface area contributed by atoms with Crippen LogP contribution in [0.4, 0.5) is 16.2 Å². The van der Waals surface area contributed by atoms with Crippen molar-refractivity contribution in [1.82, 2.24) is 10.3 Å². The van der Waals surface area contributed by atoms with Crippen molar-refractivity contribution in [2.75, 3.05) is 29.3 Å². The van der Waals surface area contributed by atoms with Gasteiger partial charge in [0.05, 0.1) is 30.4 Å². The Bertz CT molecular complexity index is 1120. The number of anilines is 2. The topological polar surface area (TPSA) is 147 Å². The van der Waals surface area contributed by atoms with E-state index in [-0.39, 0.29) is 52.8 Å². The molecule has 11 nitrogen and oxygen atoms in total. The minimum Gasteiger partial charge on any atom is -0.484 e. The van der Waals surface area contributed by atoms with Crippen LogP contribution in [-0.2, 0) is 21.2 Å². The van der Waals surface area contributed by atoms with Crippen molar-refractivity contribution < 1.29 is 32.6 Å². The first-order valence-electron chi connectivity index (χ1n) is 9.86. The molecular weight excluding hydrogens is 460 g/mol. The molecule has 1 atom stereocenters. The number of fused-ring (bicyclic) bond motifs is 1. The molecule has 0 saturated carbocycles. The van der Waals surface area contributed by atoms with E-state index in [1.165, 1.54) is 36.5 Å². The number of hydrogen-bond acceptors (Lipinski definition) is 8. The number of rotatable bonds is 8. The Labute approximate surface area is 189 Å². The van der Waals surface area contributed by atoms with E-state index in [0.717, 1.165) is 4.31 Å². The number of benzene rings is 1. The first kappa shape index (κ1) is 23.6. The molecule has 174 valence electrons. The lowest BCUT2D eigenvalue weighted by Gasteiger charge is -2.35. The predicted molar refractivity (Wildman–Crippen MR) is 118 cm³/mol. The molecule has 13 heteroatoms. The van der Waals surface area contributed by atoms with Gasteiger partial charge in [-0.3, -0.25) is 14.4 Å². The number of nitrogens with one attached hydrogen (secondary N) is 2. The summed E-state index contributed by atoms with van der Waals surface area (Å²) in [5, 5.41) is 14.5. The van der Waals surface area contributed by atoms with Crippen molar-refractivity contribution in [1.29, 1.82) is 0 Å². The maximum Gasteiger partial charge on any atom is 0.409 e. The lowest BCUT2D eigenvalue weighted by atomic mass is 10.2. The van der Waals surface area contributed by atoms with E-state index in [9.17, 15) is 18.0 Å². The highest BCUT2D eigenvalue weighted by Crippen LogP contribution is 2.41. The minimum atomic E-state index is -4.19. The fourth-order valence-electron chi connectivity index (χ4n) is 3.08. The van der Waals surface area contributed by atoms with Crippen LogP contribution >= 0.6 is 11.3 Å². The Morgan fingerprint density at radius 1 is 1.38 bits per heavy atom. The van der Waals surface area contributed by atoms with Gasteiger partial charge in [0.2, 0.25) is 16.0 Å². The average Bonchev–Trinajstić information content (AvgIpc) is 3.15. The van der Waals surface area contributed by atoms with E-state index in [2.05, 4.69) is 15.6 Å². The molecule has 1 aliphatic rings. The molecule has 2 heterocycles. The average molecular weight is 485 g/mol. The van der Waals surface area contributed by atoms with Crippen LogP contribution in [-0.4, -0.2) is 56.3 Å². The van der Waals surface area contributed by atoms with E-state index < -0.39 is 22.2 Å². The van der Waals surface area contributed by atoms with Crippen LogP contribution in [0.15, 0.2) is 23.2 Å². The summed E-state index contributed by atoms with van der Waals surface area (Å²) < 4.78 is 39.9. The standard InChI is InChI=1S/C19H24N4O7S2/c1-4-16-22-17(18(31-16)29-5-2)32(27,28)23-10-13(9-20-11(3)24)30-15-7-6-12(8-14(15)23)21-19(25)26/h6-8,13,21H,4-5,9-10H2,1-3H3,(H,20,24)(H,25,26)/t13-/m0/s1. The van der Waals surface area contributed by atoms with E-state index in [1.54, 1.807) is 6.92 Å². The van der Waals surface area contributed by atoms with Crippen LogP contribution in [0.25, 0.3) is 0 Å². The number of aryl methyl sites for hydroxylation is 1. The molecule has 1 aromatic heterocycles. The summed E-state index contributed by atoms with van der Waals surface area (Å²) in [7, 11) is -4.19. The highest BCUT2D eigenvalue weighted by Gasteiger charge is 2.38. The van der Waals surface area contributed by atoms with Crippen molar-refractivity contribution in [3.8, 4) is 10.8 Å². The second-order valence-electron chi connectivity index (χ2n) is 6.81. The molecule has 1 aliphatic heterocycles. The number of thiazole rings is 1. The van der Waals surface area contributed by atoms with Crippen molar-refractivity contribution in [2.24, 2.45) is 0 Å². The van der Waals surface area contributed by atoms with E-state index >= 15 is 0 Å². The third-order valence-electron chi connectivity index (χ3n) is 4.44. The number of aromatic nitrogens is 1. The van der Waals surface area contributed by atoms with Gasteiger partial charge in [0, 0.05) is 12.6 Å². The largest absolute Gasteiger partial charge is 0.484 e. The van der Waals surface area contributed by atoms with Crippen LogP contribution in [0.2, 0.25) is 0 Å². The lowest BCUT2D eigenvalue weighted by Crippen LogP contribution is -2.48. The molecule has 0 saturated heterocycles. The molecule has 0 spiro atoms. The molecule has 0 unspecified atom stereocenters. The number of ether oxygens (including phenoxy) is 2. The highest BCUT2D eigenvalue weighted by atomic mass is 32.2. The number of carbonyl (C=O) groups excluding carboxylic acids is 1. The zero-order valence-corrected chi connectivity index (χ0v) is 19.4. The molecule has 1 aromatic carbocycles. The van der Waals surface area contributed by atoms with Crippen molar-refractivity contribution in [2.45, 2.75) is 38.3 Å². The van der Waals surface area contributed by atoms with E-state index in [4.69, 9.17) is 14.6 Å². The summed E-state index contributed by atoms with van der Waals surface area (Å²) in [4.78, 5) is 26.7. The van der Waals surface area contributed by atoms with Crippen molar-refractivity contribution >= 4 is 44.7 Å². The molecule has 2 amide bonds. The molecule has 3 N–H and O–H groups in total. The molecule has 3 rings (SSSR count). The minimum absolute atomic E-state index is 0.0888. The monoisotopic (exact) mass is 484 g/mol. The van der Waals surface area contributed by atoms with Crippen LogP contribution in [0.5, 0.6) is 10.8 Å². The quantitative estimate of drug-likeness (QED) is 0.517. The number of sulfonamides is 1. The fraction of sp³-hybridized carbons (Fsp3) is 0.421. The summed E-state index contributed by atoms with van der Waals surface area (Å²) in [6.07, 6.45) is -1.41. The molecule has 0 fully saturated rings. The van der Waals surface area contributed by atoms with Gasteiger partial charge >= 0.3 is 6.09 Å². The Morgan fingerprint density at radius 3 is 2.75 bits per heavy atom. The number of carboxylic acid groups (broad SMARTS) is 1. The Kier molecular flexibility index (Phi) is 7.09. The molecule has 2 aromatic rings. The number of amides is 2. The number of hydrogen-bond donors (Lipinski definition) is 3. The van der Waals surface area contributed by atoms with Crippen molar-refractivity contribution in [3.05, 3.63) is 23.2 Å². The molecule has 32 heavy (non-hydrogen) atoms. The maximum atomic E-state index is 13.7. The Morgan fingerprint density at radius 2 is 2.12 bits per heavy atom. The first-order chi connectivity index (χ1) is 15.1. The molecule has 0 aliphatic carbocycles. The predicted octanol–water partition coefficient (Wildman–Crippen LogP) is 2.29. The first-order valence-corrected chi connectivity index (χ1v) is 12.1. The SMILES string of the molecule is CCOc1sc(CC)nc1S(=O)(=O)N1C[C@H](CNC(C)=O)Oc2ccc(NC(=O)O)cc21. The van der Waals surface area contributed by atoms with E-state index in [0.29, 0.717) is 11.4 Å². The van der Waals surface area contributed by atoms with Gasteiger partial charge in [0.25, 0.3) is 10.0 Å². The number of carbonyl (C=O) groups is 2. The summed E-state index contributed by atoms with van der Waals surface area (Å²) in [5.74, 6) is -0.0458. The third kappa shape index (κ3) is 5.05. The van der Waals surface area contributed by atoms with Crippen LogP contribution in [0.1, 0.15) is 25.8 Å². The zero-order valence-electron chi connectivity index (χ0n) is 17.7. The van der Waals surface area contributed by atoms with Gasteiger partial charge in [-0.2, -0.15) is 8.42 Å². The highest BCUT2D eigenvalue weighted by molar-refractivity contribution is 7.93. The zero-order chi connectivity index (χ0) is 23.5. The summed E-state index contributed by atoms with van der Waals surface area (Å²) in [6.45, 7) is 5.21. The van der Waals surface area contributed by atoms with E-state index in [1.807, 2.05) is 6.92 Å². The normalized spacial score (nSPS) is 15.5. The van der Waals surface area contributed by atoms with Crippen molar-refractivity contribution in [3.63, 3.8) is 0 Å². The van der Waals surface area contributed by atoms with Gasteiger partial charge in [0.1, 0.15) is 11.9 Å². The van der Waals surface area contributed by atoms with Gasteiger partial charge in [-0.1, -0.05) is 18.3 Å². The van der Waals surface area contributed by atoms with Gasteiger partial charge in [0.15, 0.2) is 0 Å². The van der Waals surface area contributed by atoms with Gasteiger partial charge in [-0.25, -0.2) is 9.78 Å².